The minimum atomic E-state index is -4.45. The number of hydrogen-bond donors (Lipinski definition) is 1. The number of hydrogen-bond acceptors (Lipinski definition) is 4. The number of carboxylic acids is 1. The van der Waals surface area contributed by atoms with Gasteiger partial charge in [-0.1, -0.05) is 12.1 Å². The third kappa shape index (κ3) is 5.85. The molecule has 2 atom stereocenters. The van der Waals surface area contributed by atoms with E-state index >= 15 is 0 Å². The number of aliphatic carboxylic acids is 1. The summed E-state index contributed by atoms with van der Waals surface area (Å²) in [4.78, 5) is 24.7. The second-order valence-corrected chi connectivity index (χ2v) is 7.35. The molecule has 27 heavy (non-hydrogen) atoms. The molecule has 1 heterocycles. The number of halogens is 3. The second kappa shape index (κ2) is 7.75. The Balaban J connectivity index is 2.02. The van der Waals surface area contributed by atoms with Crippen LogP contribution in [0, 0.1) is 0 Å². The molecule has 0 aliphatic carbocycles. The van der Waals surface area contributed by atoms with Gasteiger partial charge in [0, 0.05) is 6.42 Å². The van der Waals surface area contributed by atoms with Crippen LogP contribution in [0.25, 0.3) is 0 Å². The third-order valence-corrected chi connectivity index (χ3v) is 3.92. The first-order valence-electron chi connectivity index (χ1n) is 8.37. The normalized spacial score (nSPS) is 20.6. The Kier molecular flexibility index (Phi) is 6.04. The highest BCUT2D eigenvalue weighted by Gasteiger charge is 2.42. The van der Waals surface area contributed by atoms with Crippen molar-refractivity contribution in [3.8, 4) is 0 Å². The predicted octanol–water partition coefficient (Wildman–Crippen LogP) is 3.68. The number of ether oxygens (including phenoxy) is 2. The Morgan fingerprint density at radius 2 is 1.93 bits per heavy atom. The summed E-state index contributed by atoms with van der Waals surface area (Å²) in [7, 11) is 0. The first-order chi connectivity index (χ1) is 12.4. The standard InChI is InChI=1S/C18H22F3NO5/c1-17(2,3)27-16(25)22-9-13(8-14(22)15(23)24)26-10-11-5-4-6-12(7-11)18(19,20)21/h4-7,13-14H,8-10H2,1-3H3,(H,23,24)/t13-,14+/m1/s1. The van der Waals surface area contributed by atoms with Gasteiger partial charge < -0.3 is 14.6 Å². The van der Waals surface area contributed by atoms with Crippen LogP contribution in [0.15, 0.2) is 24.3 Å². The van der Waals surface area contributed by atoms with Gasteiger partial charge in [0.1, 0.15) is 11.6 Å². The predicted molar refractivity (Wildman–Crippen MR) is 89.0 cm³/mol. The first-order valence-corrected chi connectivity index (χ1v) is 8.37. The molecule has 0 saturated carbocycles. The van der Waals surface area contributed by atoms with E-state index in [1.54, 1.807) is 20.8 Å². The second-order valence-electron chi connectivity index (χ2n) is 7.35. The fourth-order valence-electron chi connectivity index (χ4n) is 2.73. The number of likely N-dealkylation sites (tertiary alicyclic amines) is 1. The maximum Gasteiger partial charge on any atom is 0.416 e. The van der Waals surface area contributed by atoms with Gasteiger partial charge in [-0.15, -0.1) is 0 Å². The summed E-state index contributed by atoms with van der Waals surface area (Å²) in [5.41, 5.74) is -1.25. The fraction of sp³-hybridized carbons (Fsp3) is 0.556. The van der Waals surface area contributed by atoms with Crippen LogP contribution in [-0.4, -0.2) is 46.4 Å². The molecule has 1 aliphatic rings. The number of carboxylic acid groups (broad SMARTS) is 1. The van der Waals surface area contributed by atoms with Gasteiger partial charge in [0.2, 0.25) is 0 Å². The molecule has 9 heteroatoms. The number of carbonyl (C=O) groups excluding carboxylic acids is 1. The van der Waals surface area contributed by atoms with Crippen LogP contribution in [0.5, 0.6) is 0 Å². The van der Waals surface area contributed by atoms with Crippen LogP contribution in [0.2, 0.25) is 0 Å². The van der Waals surface area contributed by atoms with Crippen molar-refractivity contribution in [1.82, 2.24) is 4.90 Å². The van der Waals surface area contributed by atoms with Crippen molar-refractivity contribution >= 4 is 12.1 Å². The molecule has 1 saturated heterocycles. The zero-order chi connectivity index (χ0) is 20.4. The number of alkyl halides is 3. The van der Waals surface area contributed by atoms with Crippen LogP contribution in [0.3, 0.4) is 0 Å². The quantitative estimate of drug-likeness (QED) is 0.850. The van der Waals surface area contributed by atoms with E-state index in [4.69, 9.17) is 9.47 Å². The molecular weight excluding hydrogens is 367 g/mol. The molecular formula is C18H22F3NO5. The van der Waals surface area contributed by atoms with Crippen LogP contribution >= 0.6 is 0 Å². The highest BCUT2D eigenvalue weighted by molar-refractivity contribution is 5.81. The van der Waals surface area contributed by atoms with Crippen molar-refractivity contribution in [3.05, 3.63) is 35.4 Å². The zero-order valence-corrected chi connectivity index (χ0v) is 15.2. The molecule has 0 aromatic heterocycles. The lowest BCUT2D eigenvalue weighted by atomic mass is 10.1. The summed E-state index contributed by atoms with van der Waals surface area (Å²) < 4.78 is 49.1. The molecule has 1 amide bonds. The van der Waals surface area contributed by atoms with Gasteiger partial charge >= 0.3 is 18.2 Å². The number of benzene rings is 1. The lowest BCUT2D eigenvalue weighted by molar-refractivity contribution is -0.142. The number of rotatable bonds is 4. The lowest BCUT2D eigenvalue weighted by Crippen LogP contribution is -2.43. The van der Waals surface area contributed by atoms with E-state index in [2.05, 4.69) is 0 Å². The topological polar surface area (TPSA) is 76.1 Å². The van der Waals surface area contributed by atoms with Crippen LogP contribution < -0.4 is 0 Å². The lowest BCUT2D eigenvalue weighted by Gasteiger charge is -2.26. The SMILES string of the molecule is CC(C)(C)OC(=O)N1C[C@H](OCc2cccc(C(F)(F)F)c2)C[C@H]1C(=O)O. The van der Waals surface area contributed by atoms with Gasteiger partial charge in [0.05, 0.1) is 24.8 Å². The summed E-state index contributed by atoms with van der Waals surface area (Å²) >= 11 is 0. The molecule has 1 fully saturated rings. The Hall–Kier alpha value is -2.29. The monoisotopic (exact) mass is 389 g/mol. The van der Waals surface area contributed by atoms with E-state index in [1.807, 2.05) is 0 Å². The summed E-state index contributed by atoms with van der Waals surface area (Å²) in [5, 5.41) is 9.33. The average molecular weight is 389 g/mol. The average Bonchev–Trinajstić information content (AvgIpc) is 2.95. The Bertz CT molecular complexity index is 699. The summed E-state index contributed by atoms with van der Waals surface area (Å²) in [5.74, 6) is -1.19. The third-order valence-electron chi connectivity index (χ3n) is 3.92. The molecule has 0 bridgehead atoms. The molecule has 1 aliphatic heterocycles. The van der Waals surface area contributed by atoms with Crippen LogP contribution in [-0.2, 0) is 27.1 Å². The van der Waals surface area contributed by atoms with E-state index in [1.165, 1.54) is 12.1 Å². The molecule has 2 rings (SSSR count). The first kappa shape index (κ1) is 21.0. The molecule has 1 N–H and O–H groups in total. The van der Waals surface area contributed by atoms with Gasteiger partial charge in [-0.05, 0) is 38.5 Å². The van der Waals surface area contributed by atoms with Crippen molar-refractivity contribution in [1.29, 1.82) is 0 Å². The van der Waals surface area contributed by atoms with Gasteiger partial charge in [-0.3, -0.25) is 4.90 Å². The highest BCUT2D eigenvalue weighted by Crippen LogP contribution is 2.30. The molecule has 1 aromatic carbocycles. The van der Waals surface area contributed by atoms with E-state index in [-0.39, 0.29) is 19.6 Å². The molecule has 150 valence electrons. The van der Waals surface area contributed by atoms with Crippen molar-refractivity contribution in [2.45, 2.75) is 57.7 Å². The highest BCUT2D eigenvalue weighted by atomic mass is 19.4. The van der Waals surface area contributed by atoms with E-state index < -0.39 is 41.5 Å². The van der Waals surface area contributed by atoms with Gasteiger partial charge in [0.15, 0.2) is 0 Å². The summed E-state index contributed by atoms with van der Waals surface area (Å²) in [6.45, 7) is 4.86. The largest absolute Gasteiger partial charge is 0.480 e. The minimum Gasteiger partial charge on any atom is -0.480 e. The smallest absolute Gasteiger partial charge is 0.416 e. The Morgan fingerprint density at radius 1 is 1.26 bits per heavy atom. The van der Waals surface area contributed by atoms with E-state index in [0.717, 1.165) is 17.0 Å². The maximum atomic E-state index is 12.8. The number of amides is 1. The molecule has 0 spiro atoms. The van der Waals surface area contributed by atoms with E-state index in [9.17, 15) is 27.9 Å². The molecule has 0 radical (unpaired) electrons. The van der Waals surface area contributed by atoms with Crippen molar-refractivity contribution < 1.29 is 37.3 Å². The van der Waals surface area contributed by atoms with Crippen molar-refractivity contribution in [3.63, 3.8) is 0 Å². The zero-order valence-electron chi connectivity index (χ0n) is 15.2. The van der Waals surface area contributed by atoms with Gasteiger partial charge in [-0.25, -0.2) is 9.59 Å². The Labute approximate surface area is 154 Å². The van der Waals surface area contributed by atoms with Gasteiger partial charge in [-0.2, -0.15) is 13.2 Å². The molecule has 6 nitrogen and oxygen atoms in total. The van der Waals surface area contributed by atoms with Crippen molar-refractivity contribution in [2.24, 2.45) is 0 Å². The Morgan fingerprint density at radius 3 is 2.48 bits per heavy atom. The fourth-order valence-corrected chi connectivity index (χ4v) is 2.73. The van der Waals surface area contributed by atoms with Crippen molar-refractivity contribution in [2.75, 3.05) is 6.54 Å². The summed E-state index contributed by atoms with van der Waals surface area (Å²) in [6.07, 6.45) is -5.80. The molecule has 1 aromatic rings. The van der Waals surface area contributed by atoms with Gasteiger partial charge in [0.25, 0.3) is 0 Å². The summed E-state index contributed by atoms with van der Waals surface area (Å²) in [6, 6.07) is 3.61. The number of carbonyl (C=O) groups is 2. The van der Waals surface area contributed by atoms with Crippen LogP contribution in [0.1, 0.15) is 38.3 Å². The molecule has 0 unspecified atom stereocenters. The minimum absolute atomic E-state index is 0.00909. The van der Waals surface area contributed by atoms with E-state index in [0.29, 0.717) is 5.56 Å². The van der Waals surface area contributed by atoms with Crippen LogP contribution in [0.4, 0.5) is 18.0 Å². The maximum absolute atomic E-state index is 12.8. The number of nitrogens with zero attached hydrogens (tertiary/aromatic N) is 1.